The predicted octanol–water partition coefficient (Wildman–Crippen LogP) is 1.95. The molecule has 2 aromatic rings. The maximum atomic E-state index is 12.5. The van der Waals surface area contributed by atoms with Gasteiger partial charge in [0.15, 0.2) is 0 Å². The largest absolute Gasteiger partial charge is 0.374 e. The number of pyridine rings is 1. The van der Waals surface area contributed by atoms with Crippen LogP contribution < -0.4 is 5.32 Å². The lowest BCUT2D eigenvalue weighted by molar-refractivity contribution is -0.0174. The van der Waals surface area contributed by atoms with Crippen molar-refractivity contribution in [3.8, 4) is 0 Å². The van der Waals surface area contributed by atoms with Gasteiger partial charge in [-0.15, -0.1) is 0 Å². The average molecular weight is 320 g/mol. The molecule has 1 aromatic heterocycles. The van der Waals surface area contributed by atoms with E-state index >= 15 is 0 Å². The molecule has 0 spiro atoms. The summed E-state index contributed by atoms with van der Waals surface area (Å²) in [7, 11) is 2.05. The van der Waals surface area contributed by atoms with Crippen molar-refractivity contribution in [3.05, 3.63) is 41.0 Å². The van der Waals surface area contributed by atoms with Gasteiger partial charge in [0.1, 0.15) is 0 Å². The van der Waals surface area contributed by atoms with Gasteiger partial charge in [0.2, 0.25) is 0 Å². The van der Waals surface area contributed by atoms with Gasteiger partial charge >= 0.3 is 0 Å². The first kappa shape index (κ1) is 15.2. The Morgan fingerprint density at radius 2 is 2.41 bits per heavy atom. The van der Waals surface area contributed by atoms with Crippen LogP contribution in [0.4, 0.5) is 0 Å². The Labute approximate surface area is 134 Å². The van der Waals surface area contributed by atoms with E-state index in [0.29, 0.717) is 29.3 Å². The van der Waals surface area contributed by atoms with Crippen molar-refractivity contribution in [1.82, 2.24) is 15.2 Å². The molecule has 1 unspecified atom stereocenters. The van der Waals surface area contributed by atoms with Gasteiger partial charge in [-0.2, -0.15) is 0 Å². The van der Waals surface area contributed by atoms with Gasteiger partial charge in [-0.25, -0.2) is 0 Å². The van der Waals surface area contributed by atoms with Crippen molar-refractivity contribution < 1.29 is 9.53 Å². The number of hydrogen-bond acceptors (Lipinski definition) is 4. The van der Waals surface area contributed by atoms with Crippen molar-refractivity contribution in [1.29, 1.82) is 0 Å². The number of fused-ring (bicyclic) bond motifs is 1. The van der Waals surface area contributed by atoms with Crippen molar-refractivity contribution in [3.63, 3.8) is 0 Å². The zero-order valence-electron chi connectivity index (χ0n) is 12.4. The van der Waals surface area contributed by atoms with Gasteiger partial charge in [0.25, 0.3) is 5.91 Å². The third-order valence-electron chi connectivity index (χ3n) is 3.75. The van der Waals surface area contributed by atoms with Crippen LogP contribution >= 0.6 is 11.6 Å². The molecule has 0 radical (unpaired) electrons. The molecule has 1 aliphatic rings. The maximum absolute atomic E-state index is 12.5. The van der Waals surface area contributed by atoms with E-state index in [4.69, 9.17) is 16.3 Å². The van der Waals surface area contributed by atoms with Crippen molar-refractivity contribution >= 4 is 28.4 Å². The van der Waals surface area contributed by atoms with E-state index in [2.05, 4.69) is 15.2 Å². The van der Waals surface area contributed by atoms with Gasteiger partial charge in [0, 0.05) is 36.2 Å². The first-order chi connectivity index (χ1) is 10.6. The highest BCUT2D eigenvalue weighted by atomic mass is 35.5. The van der Waals surface area contributed by atoms with E-state index in [0.717, 1.165) is 18.5 Å². The lowest BCUT2D eigenvalue weighted by Crippen LogP contribution is -2.45. The summed E-state index contributed by atoms with van der Waals surface area (Å²) in [5.41, 5.74) is 1.15. The Kier molecular flexibility index (Phi) is 4.57. The highest BCUT2D eigenvalue weighted by Gasteiger charge is 2.19. The fourth-order valence-electron chi connectivity index (χ4n) is 2.62. The molecule has 1 fully saturated rings. The Hall–Kier alpha value is -1.69. The highest BCUT2D eigenvalue weighted by Crippen LogP contribution is 2.22. The monoisotopic (exact) mass is 319 g/mol. The summed E-state index contributed by atoms with van der Waals surface area (Å²) in [4.78, 5) is 18.9. The van der Waals surface area contributed by atoms with Crippen LogP contribution in [0.25, 0.3) is 10.9 Å². The molecule has 1 amide bonds. The van der Waals surface area contributed by atoms with Crippen LogP contribution in [0, 0.1) is 0 Å². The lowest BCUT2D eigenvalue weighted by Gasteiger charge is -2.30. The lowest BCUT2D eigenvalue weighted by atomic mass is 10.1. The van der Waals surface area contributed by atoms with E-state index in [1.54, 1.807) is 18.3 Å². The predicted molar refractivity (Wildman–Crippen MR) is 86.3 cm³/mol. The Morgan fingerprint density at radius 1 is 1.55 bits per heavy atom. The molecule has 1 saturated heterocycles. The first-order valence-corrected chi connectivity index (χ1v) is 7.64. The van der Waals surface area contributed by atoms with Crippen LogP contribution in [0.5, 0.6) is 0 Å². The van der Waals surface area contributed by atoms with Crippen LogP contribution in [0.15, 0.2) is 30.5 Å². The van der Waals surface area contributed by atoms with Crippen molar-refractivity contribution in [2.45, 2.75) is 6.10 Å². The maximum Gasteiger partial charge on any atom is 0.253 e. The molecule has 0 saturated carbocycles. The fourth-order valence-corrected chi connectivity index (χ4v) is 2.85. The third-order valence-corrected chi connectivity index (χ3v) is 3.96. The van der Waals surface area contributed by atoms with Crippen molar-refractivity contribution in [2.75, 3.05) is 33.3 Å². The summed E-state index contributed by atoms with van der Waals surface area (Å²) in [6.45, 7) is 2.91. The smallest absolute Gasteiger partial charge is 0.253 e. The third kappa shape index (κ3) is 3.38. The minimum Gasteiger partial charge on any atom is -0.374 e. The number of aromatic nitrogens is 1. The number of amides is 1. The highest BCUT2D eigenvalue weighted by molar-refractivity contribution is 6.32. The molecule has 1 aromatic carbocycles. The van der Waals surface area contributed by atoms with Crippen LogP contribution in [0.2, 0.25) is 5.02 Å². The van der Waals surface area contributed by atoms with E-state index in [-0.39, 0.29) is 12.0 Å². The molecule has 1 atom stereocenters. The number of carbonyl (C=O) groups excluding carboxylic acids is 1. The Morgan fingerprint density at radius 3 is 3.23 bits per heavy atom. The summed E-state index contributed by atoms with van der Waals surface area (Å²) >= 11 is 6.10. The number of morpholine rings is 1. The molecule has 2 heterocycles. The average Bonchev–Trinajstić information content (AvgIpc) is 2.52. The zero-order valence-corrected chi connectivity index (χ0v) is 13.1. The molecule has 5 nitrogen and oxygen atoms in total. The number of hydrogen-bond donors (Lipinski definition) is 1. The Bertz CT molecular complexity index is 692. The first-order valence-electron chi connectivity index (χ1n) is 7.26. The summed E-state index contributed by atoms with van der Waals surface area (Å²) in [5.74, 6) is -0.178. The van der Waals surface area contributed by atoms with Crippen LogP contribution in [0.1, 0.15) is 10.4 Å². The second-order valence-electron chi connectivity index (χ2n) is 5.49. The molecule has 0 aliphatic carbocycles. The van der Waals surface area contributed by atoms with Crippen LogP contribution in [-0.2, 0) is 4.74 Å². The minimum absolute atomic E-state index is 0.0149. The second-order valence-corrected chi connectivity index (χ2v) is 5.93. The molecule has 116 valence electrons. The number of halogens is 1. The number of nitrogens with one attached hydrogen (secondary N) is 1. The van der Waals surface area contributed by atoms with Gasteiger partial charge in [0.05, 0.1) is 23.8 Å². The second kappa shape index (κ2) is 6.60. The van der Waals surface area contributed by atoms with Crippen LogP contribution in [-0.4, -0.2) is 55.2 Å². The number of benzene rings is 1. The van der Waals surface area contributed by atoms with E-state index in [1.807, 2.05) is 19.2 Å². The van der Waals surface area contributed by atoms with E-state index in [1.165, 1.54) is 0 Å². The van der Waals surface area contributed by atoms with Crippen molar-refractivity contribution in [2.24, 2.45) is 0 Å². The number of carbonyl (C=O) groups is 1. The summed E-state index contributed by atoms with van der Waals surface area (Å²) in [6, 6.07) is 7.18. The zero-order chi connectivity index (χ0) is 15.5. The SMILES string of the molecule is CN1CCOC(CNC(=O)c2cc(Cl)cc3cccnc23)C1. The van der Waals surface area contributed by atoms with Gasteiger partial charge in [-0.05, 0) is 25.2 Å². The van der Waals surface area contributed by atoms with Gasteiger partial charge in [-0.3, -0.25) is 9.78 Å². The van der Waals surface area contributed by atoms with E-state index in [9.17, 15) is 4.79 Å². The topological polar surface area (TPSA) is 54.5 Å². The molecular formula is C16H18ClN3O2. The summed E-state index contributed by atoms with van der Waals surface area (Å²) < 4.78 is 5.65. The molecule has 6 heteroatoms. The number of rotatable bonds is 3. The summed E-state index contributed by atoms with van der Waals surface area (Å²) in [6.07, 6.45) is 1.69. The Balaban J connectivity index is 1.75. The number of likely N-dealkylation sites (N-methyl/N-ethyl adjacent to an activating group) is 1. The minimum atomic E-state index is -0.178. The fraction of sp³-hybridized carbons (Fsp3) is 0.375. The molecule has 22 heavy (non-hydrogen) atoms. The van der Waals surface area contributed by atoms with Gasteiger partial charge < -0.3 is 15.0 Å². The number of ether oxygens (including phenoxy) is 1. The molecule has 0 bridgehead atoms. The van der Waals surface area contributed by atoms with Gasteiger partial charge in [-0.1, -0.05) is 17.7 Å². The molecule has 1 aliphatic heterocycles. The molecular weight excluding hydrogens is 302 g/mol. The van der Waals surface area contributed by atoms with Crippen LogP contribution in [0.3, 0.4) is 0 Å². The summed E-state index contributed by atoms with van der Waals surface area (Å²) in [5, 5.41) is 4.30. The van der Waals surface area contributed by atoms with E-state index < -0.39 is 0 Å². The molecule has 3 rings (SSSR count). The quantitative estimate of drug-likeness (QED) is 0.939. The standard InChI is InChI=1S/C16H18ClN3O2/c1-20-5-6-22-13(10-20)9-19-16(21)14-8-12(17)7-11-3-2-4-18-15(11)14/h2-4,7-8,13H,5-6,9-10H2,1H3,(H,19,21). The normalized spacial score (nSPS) is 19.3. The number of nitrogens with zero attached hydrogens (tertiary/aromatic N) is 2. The molecule has 1 N–H and O–H groups in total.